The molecule has 0 radical (unpaired) electrons. The maximum Gasteiger partial charge on any atom is 0.274 e. The van der Waals surface area contributed by atoms with E-state index in [0.717, 1.165) is 23.0 Å². The molecule has 0 aliphatic carbocycles. The molecule has 52 heavy (non-hydrogen) atoms. The zero-order valence-corrected chi connectivity index (χ0v) is 31.1. The number of thiazole rings is 1. The Kier molecular flexibility index (Phi) is 11.4. The predicted molar refractivity (Wildman–Crippen MR) is 197 cm³/mol. The molecule has 4 aromatic rings. The highest BCUT2D eigenvalue weighted by molar-refractivity contribution is 7.15. The predicted octanol–water partition coefficient (Wildman–Crippen LogP) is 7.29. The molecule has 4 heterocycles. The summed E-state index contributed by atoms with van der Waals surface area (Å²) < 4.78 is 35.9. The largest absolute Gasteiger partial charge is 0.483 e. The minimum absolute atomic E-state index is 0.000234. The lowest BCUT2D eigenvalue weighted by atomic mass is 9.93. The van der Waals surface area contributed by atoms with Gasteiger partial charge in [0.2, 0.25) is 5.43 Å². The van der Waals surface area contributed by atoms with Gasteiger partial charge in [-0.25, -0.2) is 13.8 Å². The van der Waals surface area contributed by atoms with E-state index in [0.29, 0.717) is 21.0 Å². The van der Waals surface area contributed by atoms with Crippen molar-refractivity contribution in [2.24, 2.45) is 0 Å². The number of benzene rings is 2. The van der Waals surface area contributed by atoms with Gasteiger partial charge in [0.25, 0.3) is 17.7 Å². The van der Waals surface area contributed by atoms with Crippen molar-refractivity contribution in [2.45, 2.75) is 73.1 Å². The van der Waals surface area contributed by atoms with Crippen LogP contribution in [-0.4, -0.2) is 56.2 Å². The molecule has 1 unspecified atom stereocenters. The molecule has 2 aromatic carbocycles. The van der Waals surface area contributed by atoms with E-state index in [2.05, 4.69) is 4.98 Å². The minimum Gasteiger partial charge on any atom is -0.483 e. The maximum atomic E-state index is 14.5. The molecule has 9 nitrogen and oxygen atoms in total. The SMILES string of the molecule is C/C=C\C1=C(C)C(=O)N(CC2(C)CN(C(C)C)C(=O)c3c(OCc4ccccc4)c(=O)c(-c4ncc(Cc5ccc(F)cc5F)s4)cn32)C1=O.CC. The molecule has 2 aliphatic rings. The number of aromatic nitrogens is 2. The second-order valence-electron chi connectivity index (χ2n) is 13.0. The van der Waals surface area contributed by atoms with E-state index >= 15 is 0 Å². The van der Waals surface area contributed by atoms with Gasteiger partial charge < -0.3 is 14.2 Å². The summed E-state index contributed by atoms with van der Waals surface area (Å²) in [4.78, 5) is 63.6. The van der Waals surface area contributed by atoms with Crippen LogP contribution in [0.4, 0.5) is 8.78 Å². The van der Waals surface area contributed by atoms with Crippen molar-refractivity contribution < 1.29 is 27.9 Å². The van der Waals surface area contributed by atoms with Gasteiger partial charge in [0.05, 0.1) is 17.6 Å². The highest BCUT2D eigenvalue weighted by Gasteiger charge is 2.47. The van der Waals surface area contributed by atoms with Crippen molar-refractivity contribution >= 4 is 29.1 Å². The van der Waals surface area contributed by atoms with E-state index in [9.17, 15) is 28.0 Å². The molecule has 0 fully saturated rings. The molecule has 0 bridgehead atoms. The van der Waals surface area contributed by atoms with Gasteiger partial charge in [0.15, 0.2) is 11.4 Å². The highest BCUT2D eigenvalue weighted by Crippen LogP contribution is 2.37. The lowest BCUT2D eigenvalue weighted by molar-refractivity contribution is -0.139. The average Bonchev–Trinajstić information content (AvgIpc) is 3.67. The van der Waals surface area contributed by atoms with Crippen LogP contribution in [0.1, 0.15) is 75.0 Å². The van der Waals surface area contributed by atoms with Crippen LogP contribution in [0.3, 0.4) is 0 Å². The number of hydrogen-bond donors (Lipinski definition) is 0. The number of imide groups is 1. The topological polar surface area (TPSA) is 102 Å². The van der Waals surface area contributed by atoms with Crippen molar-refractivity contribution in [1.29, 1.82) is 0 Å². The molecule has 0 N–H and O–H groups in total. The first-order chi connectivity index (χ1) is 24.8. The van der Waals surface area contributed by atoms with Gasteiger partial charge in [0, 0.05) is 53.5 Å². The van der Waals surface area contributed by atoms with E-state index < -0.39 is 40.3 Å². The first-order valence-electron chi connectivity index (χ1n) is 17.2. The van der Waals surface area contributed by atoms with Crippen LogP contribution in [0.2, 0.25) is 0 Å². The number of fused-ring (bicyclic) bond motifs is 1. The van der Waals surface area contributed by atoms with Gasteiger partial charge in [-0.3, -0.25) is 24.1 Å². The molecule has 0 spiro atoms. The summed E-state index contributed by atoms with van der Waals surface area (Å²) in [5.41, 5.74) is 0.126. The molecule has 2 aromatic heterocycles. The number of ether oxygens (including phenoxy) is 1. The fraction of sp³-hybridized carbons (Fsp3) is 0.325. The first kappa shape index (κ1) is 38.0. The summed E-state index contributed by atoms with van der Waals surface area (Å²) in [6.07, 6.45) is 6.50. The normalized spacial score (nSPS) is 17.3. The third-order valence-electron chi connectivity index (χ3n) is 9.01. The Bertz CT molecular complexity index is 2140. The van der Waals surface area contributed by atoms with Crippen molar-refractivity contribution in [3.05, 3.63) is 128 Å². The first-order valence-corrected chi connectivity index (χ1v) is 18.0. The summed E-state index contributed by atoms with van der Waals surface area (Å²) in [6, 6.07) is 12.3. The molecule has 2 aliphatic heterocycles. The van der Waals surface area contributed by atoms with Crippen LogP contribution < -0.4 is 10.2 Å². The smallest absolute Gasteiger partial charge is 0.274 e. The van der Waals surface area contributed by atoms with Crippen LogP contribution in [0.15, 0.2) is 89.0 Å². The van der Waals surface area contributed by atoms with Crippen LogP contribution >= 0.6 is 11.3 Å². The number of pyridine rings is 1. The molecule has 272 valence electrons. The fourth-order valence-electron chi connectivity index (χ4n) is 6.36. The summed E-state index contributed by atoms with van der Waals surface area (Å²) in [5.74, 6) is -2.87. The molecular formula is C40H42F2N4O5S. The summed E-state index contributed by atoms with van der Waals surface area (Å²) >= 11 is 1.16. The second kappa shape index (κ2) is 15.6. The quantitative estimate of drug-likeness (QED) is 0.159. The van der Waals surface area contributed by atoms with Gasteiger partial charge in [0.1, 0.15) is 23.2 Å². The van der Waals surface area contributed by atoms with E-state index in [1.54, 1.807) is 41.7 Å². The molecule has 0 saturated carbocycles. The van der Waals surface area contributed by atoms with Crippen molar-refractivity contribution in [3.63, 3.8) is 0 Å². The van der Waals surface area contributed by atoms with Crippen LogP contribution in [-0.2, 0) is 28.2 Å². The fourth-order valence-corrected chi connectivity index (χ4v) is 7.30. The molecule has 12 heteroatoms. The number of carbonyl (C=O) groups excluding carboxylic acids is 3. The number of amides is 3. The monoisotopic (exact) mass is 728 g/mol. The summed E-state index contributed by atoms with van der Waals surface area (Å²) in [5, 5.41) is 0.301. The van der Waals surface area contributed by atoms with Crippen LogP contribution in [0.25, 0.3) is 10.6 Å². The third-order valence-corrected chi connectivity index (χ3v) is 10.0. The molecule has 3 amide bonds. The zero-order valence-electron chi connectivity index (χ0n) is 30.3. The molecular weight excluding hydrogens is 687 g/mol. The minimum atomic E-state index is -1.10. The van der Waals surface area contributed by atoms with Crippen LogP contribution in [0, 0.1) is 11.6 Å². The molecule has 6 rings (SSSR count). The Morgan fingerprint density at radius 3 is 2.38 bits per heavy atom. The van der Waals surface area contributed by atoms with E-state index in [1.165, 1.54) is 23.2 Å². The van der Waals surface area contributed by atoms with Crippen molar-refractivity contribution in [2.75, 3.05) is 13.1 Å². The van der Waals surface area contributed by atoms with Gasteiger partial charge in [-0.1, -0.05) is 62.4 Å². The number of hydrogen-bond acceptors (Lipinski definition) is 7. The van der Waals surface area contributed by atoms with Gasteiger partial charge in [-0.05, 0) is 51.8 Å². The number of nitrogens with zero attached hydrogens (tertiary/aromatic N) is 4. The number of rotatable bonds is 10. The average molecular weight is 729 g/mol. The van der Waals surface area contributed by atoms with E-state index in [4.69, 9.17) is 4.74 Å². The van der Waals surface area contributed by atoms with E-state index in [1.807, 2.05) is 65.0 Å². The Morgan fingerprint density at radius 1 is 1.02 bits per heavy atom. The summed E-state index contributed by atoms with van der Waals surface area (Å²) in [6.45, 7) is 12.9. The highest BCUT2D eigenvalue weighted by atomic mass is 32.1. The zero-order chi connectivity index (χ0) is 37.9. The maximum absolute atomic E-state index is 14.5. The lowest BCUT2D eigenvalue weighted by Gasteiger charge is -2.46. The van der Waals surface area contributed by atoms with Crippen LogP contribution in [0.5, 0.6) is 5.75 Å². The number of carbonyl (C=O) groups is 3. The second-order valence-corrected chi connectivity index (χ2v) is 14.1. The van der Waals surface area contributed by atoms with Crippen molar-refractivity contribution in [1.82, 2.24) is 19.4 Å². The van der Waals surface area contributed by atoms with E-state index in [-0.39, 0.29) is 54.7 Å². The van der Waals surface area contributed by atoms with Gasteiger partial charge >= 0.3 is 0 Å². The Balaban J connectivity index is 0.00000257. The Morgan fingerprint density at radius 2 is 1.73 bits per heavy atom. The summed E-state index contributed by atoms with van der Waals surface area (Å²) in [7, 11) is 0. The van der Waals surface area contributed by atoms with Gasteiger partial charge in [-0.15, -0.1) is 11.3 Å². The molecule has 0 saturated heterocycles. The Hall–Kier alpha value is -5.23. The lowest BCUT2D eigenvalue weighted by Crippen LogP contribution is -2.60. The number of halogens is 2. The Labute approximate surface area is 305 Å². The number of allylic oxidation sites excluding steroid dienone is 1. The molecule has 1 atom stereocenters. The third kappa shape index (κ3) is 7.25. The van der Waals surface area contributed by atoms with Crippen molar-refractivity contribution in [3.8, 4) is 16.3 Å². The van der Waals surface area contributed by atoms with Gasteiger partial charge in [-0.2, -0.15) is 0 Å². The standard InChI is InChI=1S/C38H36F2N4O5S.C2H6/c1-6-10-28-23(4)35(46)43(36(28)47)21-38(5)20-42(22(2)3)37(48)31-33(49-19-24-11-8-7-9-12-24)32(45)29(18-44(31)38)34-41-17-27(50-34)15-25-13-14-26(39)16-30(25)40;1-2/h6-14,16-18,22H,15,19-21H2,1-5H3;1-2H3/b10-6-;.